The standard InChI is InChI=1S/C22H15F3N4OS/c1-13-17(28-21(30)15-9-5-6-10-16(15)22(23,24)25)11-18-20(27-13)29-19(12-26-18)31-14-7-3-2-4-8-14/h2-12H,1H3,(H,28,30). The lowest BCUT2D eigenvalue weighted by atomic mass is 10.1. The van der Waals surface area contributed by atoms with Crippen LogP contribution in [0.5, 0.6) is 0 Å². The molecule has 5 nitrogen and oxygen atoms in total. The second-order valence-electron chi connectivity index (χ2n) is 6.58. The van der Waals surface area contributed by atoms with Gasteiger partial charge >= 0.3 is 6.18 Å². The molecular weight excluding hydrogens is 425 g/mol. The molecule has 2 aromatic heterocycles. The molecule has 9 heteroatoms. The minimum Gasteiger partial charge on any atom is -0.320 e. The largest absolute Gasteiger partial charge is 0.417 e. The number of nitrogens with zero attached hydrogens (tertiary/aromatic N) is 3. The summed E-state index contributed by atoms with van der Waals surface area (Å²) in [5.41, 5.74) is 0.0275. The Kier molecular flexibility index (Phi) is 5.60. The van der Waals surface area contributed by atoms with Crippen LogP contribution in [-0.4, -0.2) is 20.9 Å². The van der Waals surface area contributed by atoms with E-state index in [0.717, 1.165) is 17.0 Å². The second kappa shape index (κ2) is 8.35. The Balaban J connectivity index is 1.61. The molecule has 1 amide bonds. The molecular formula is C22H15F3N4OS. The van der Waals surface area contributed by atoms with Crippen LogP contribution in [0.4, 0.5) is 18.9 Å². The van der Waals surface area contributed by atoms with Crippen LogP contribution in [0.3, 0.4) is 0 Å². The fourth-order valence-corrected chi connectivity index (χ4v) is 3.69. The average Bonchev–Trinajstić information content (AvgIpc) is 2.74. The first-order valence-corrected chi connectivity index (χ1v) is 9.98. The molecule has 2 heterocycles. The van der Waals surface area contributed by atoms with Crippen LogP contribution >= 0.6 is 11.8 Å². The highest BCUT2D eigenvalue weighted by Gasteiger charge is 2.34. The number of rotatable bonds is 4. The summed E-state index contributed by atoms with van der Waals surface area (Å²) >= 11 is 1.43. The normalized spacial score (nSPS) is 11.5. The summed E-state index contributed by atoms with van der Waals surface area (Å²) in [5.74, 6) is -0.874. The van der Waals surface area contributed by atoms with Crippen LogP contribution in [0, 0.1) is 6.92 Å². The number of fused-ring (bicyclic) bond motifs is 1. The van der Waals surface area contributed by atoms with Gasteiger partial charge in [-0.05, 0) is 37.3 Å². The Bertz CT molecular complexity index is 1260. The van der Waals surface area contributed by atoms with E-state index < -0.39 is 23.2 Å². The van der Waals surface area contributed by atoms with E-state index in [1.165, 1.54) is 23.9 Å². The number of carbonyl (C=O) groups is 1. The third-order valence-electron chi connectivity index (χ3n) is 4.39. The fourth-order valence-electron chi connectivity index (χ4n) is 2.92. The molecule has 0 atom stereocenters. The Hall–Kier alpha value is -3.46. The summed E-state index contributed by atoms with van der Waals surface area (Å²) in [6.07, 6.45) is -3.05. The highest BCUT2D eigenvalue weighted by Crippen LogP contribution is 2.32. The van der Waals surface area contributed by atoms with Gasteiger partial charge in [0.25, 0.3) is 5.91 Å². The summed E-state index contributed by atoms with van der Waals surface area (Å²) in [5, 5.41) is 3.17. The first-order chi connectivity index (χ1) is 14.8. The third kappa shape index (κ3) is 4.66. The molecule has 0 radical (unpaired) electrons. The van der Waals surface area contributed by atoms with Gasteiger partial charge in [0.05, 0.1) is 28.7 Å². The van der Waals surface area contributed by atoms with Gasteiger partial charge in [-0.2, -0.15) is 13.2 Å². The summed E-state index contributed by atoms with van der Waals surface area (Å²) < 4.78 is 39.6. The van der Waals surface area contributed by atoms with Gasteiger partial charge in [0, 0.05) is 4.90 Å². The topological polar surface area (TPSA) is 67.8 Å². The minimum absolute atomic E-state index is 0.271. The van der Waals surface area contributed by atoms with E-state index in [2.05, 4.69) is 20.3 Å². The smallest absolute Gasteiger partial charge is 0.320 e. The lowest BCUT2D eigenvalue weighted by Gasteiger charge is -2.13. The van der Waals surface area contributed by atoms with Crippen molar-refractivity contribution in [2.75, 3.05) is 5.32 Å². The maximum absolute atomic E-state index is 13.2. The van der Waals surface area contributed by atoms with Crippen LogP contribution in [0.25, 0.3) is 11.2 Å². The number of aromatic nitrogens is 3. The van der Waals surface area contributed by atoms with Gasteiger partial charge in [-0.3, -0.25) is 4.79 Å². The Morgan fingerprint density at radius 3 is 2.45 bits per heavy atom. The zero-order chi connectivity index (χ0) is 22.0. The van der Waals surface area contributed by atoms with Crippen molar-refractivity contribution >= 4 is 34.5 Å². The number of benzene rings is 2. The van der Waals surface area contributed by atoms with Crippen molar-refractivity contribution in [2.24, 2.45) is 0 Å². The van der Waals surface area contributed by atoms with Crippen LogP contribution in [-0.2, 0) is 6.18 Å². The van der Waals surface area contributed by atoms with Gasteiger partial charge in [0.15, 0.2) is 5.65 Å². The molecule has 0 fully saturated rings. The van der Waals surface area contributed by atoms with Gasteiger partial charge < -0.3 is 5.32 Å². The van der Waals surface area contributed by atoms with Crippen molar-refractivity contribution in [3.63, 3.8) is 0 Å². The molecule has 0 saturated heterocycles. The molecule has 0 bridgehead atoms. The van der Waals surface area contributed by atoms with Gasteiger partial charge in [-0.15, -0.1) is 0 Å². The first kappa shape index (κ1) is 20.8. The molecule has 31 heavy (non-hydrogen) atoms. The summed E-state index contributed by atoms with van der Waals surface area (Å²) in [4.78, 5) is 26.7. The summed E-state index contributed by atoms with van der Waals surface area (Å²) in [6.45, 7) is 1.64. The zero-order valence-corrected chi connectivity index (χ0v) is 17.0. The Morgan fingerprint density at radius 2 is 1.71 bits per heavy atom. The summed E-state index contributed by atoms with van der Waals surface area (Å²) in [6, 6.07) is 15.8. The number of hydrogen-bond acceptors (Lipinski definition) is 5. The molecule has 156 valence electrons. The number of carbonyl (C=O) groups excluding carboxylic acids is 1. The number of amides is 1. The number of hydrogen-bond donors (Lipinski definition) is 1. The number of pyridine rings is 1. The number of anilines is 1. The van der Waals surface area contributed by atoms with Crippen LogP contribution in [0.2, 0.25) is 0 Å². The average molecular weight is 440 g/mol. The van der Waals surface area contributed by atoms with E-state index in [4.69, 9.17) is 0 Å². The van der Waals surface area contributed by atoms with Crippen molar-refractivity contribution in [1.82, 2.24) is 15.0 Å². The molecule has 2 aromatic carbocycles. The Labute approximate surface area is 179 Å². The molecule has 0 aliphatic heterocycles. The number of aryl methyl sites for hydroxylation is 1. The van der Waals surface area contributed by atoms with E-state index >= 15 is 0 Å². The van der Waals surface area contributed by atoms with E-state index in [-0.39, 0.29) is 5.69 Å². The lowest BCUT2D eigenvalue weighted by molar-refractivity contribution is -0.137. The SMILES string of the molecule is Cc1nc2nc(Sc3ccccc3)cnc2cc1NC(=O)c1ccccc1C(F)(F)F. The summed E-state index contributed by atoms with van der Waals surface area (Å²) in [7, 11) is 0. The number of alkyl halides is 3. The molecule has 0 aliphatic rings. The predicted octanol–water partition coefficient (Wildman–Crippen LogP) is 5.76. The molecule has 0 unspecified atom stereocenters. The highest BCUT2D eigenvalue weighted by molar-refractivity contribution is 7.99. The van der Waals surface area contributed by atoms with Crippen LogP contribution < -0.4 is 5.32 Å². The number of halogens is 3. The monoisotopic (exact) mass is 440 g/mol. The molecule has 0 aliphatic carbocycles. The van der Waals surface area contributed by atoms with Gasteiger partial charge in [0.1, 0.15) is 10.5 Å². The minimum atomic E-state index is -4.64. The van der Waals surface area contributed by atoms with Crippen LogP contribution in [0.15, 0.2) is 76.8 Å². The molecule has 1 N–H and O–H groups in total. The van der Waals surface area contributed by atoms with E-state index in [0.29, 0.717) is 21.9 Å². The molecule has 4 aromatic rings. The first-order valence-electron chi connectivity index (χ1n) is 9.16. The highest BCUT2D eigenvalue weighted by atomic mass is 32.2. The van der Waals surface area contributed by atoms with Gasteiger partial charge in [-0.1, -0.05) is 42.1 Å². The Morgan fingerprint density at radius 1 is 1.00 bits per heavy atom. The van der Waals surface area contributed by atoms with E-state index in [9.17, 15) is 18.0 Å². The molecule has 4 rings (SSSR count). The van der Waals surface area contributed by atoms with Crippen molar-refractivity contribution < 1.29 is 18.0 Å². The van der Waals surface area contributed by atoms with Crippen molar-refractivity contribution in [2.45, 2.75) is 23.0 Å². The number of nitrogens with one attached hydrogen (secondary N) is 1. The van der Waals surface area contributed by atoms with Gasteiger partial charge in [0.2, 0.25) is 0 Å². The lowest BCUT2D eigenvalue weighted by Crippen LogP contribution is -2.19. The maximum Gasteiger partial charge on any atom is 0.417 e. The van der Waals surface area contributed by atoms with E-state index in [1.54, 1.807) is 19.2 Å². The molecule has 0 spiro atoms. The quantitative estimate of drug-likeness (QED) is 0.437. The fraction of sp³-hybridized carbons (Fsp3) is 0.0909. The van der Waals surface area contributed by atoms with Crippen molar-refractivity contribution in [3.8, 4) is 0 Å². The molecule has 0 saturated carbocycles. The van der Waals surface area contributed by atoms with Crippen molar-refractivity contribution in [3.05, 3.63) is 83.7 Å². The predicted molar refractivity (Wildman–Crippen MR) is 112 cm³/mol. The van der Waals surface area contributed by atoms with E-state index in [1.807, 2.05) is 30.3 Å². The second-order valence-corrected chi connectivity index (χ2v) is 7.68. The van der Waals surface area contributed by atoms with Crippen LogP contribution in [0.1, 0.15) is 21.6 Å². The zero-order valence-electron chi connectivity index (χ0n) is 16.1. The van der Waals surface area contributed by atoms with Gasteiger partial charge in [-0.25, -0.2) is 15.0 Å². The van der Waals surface area contributed by atoms with Crippen molar-refractivity contribution in [1.29, 1.82) is 0 Å². The maximum atomic E-state index is 13.2. The third-order valence-corrected chi connectivity index (χ3v) is 5.31.